The Hall–Kier alpha value is -0.780. The molecule has 5 heteroatoms. The highest BCUT2D eigenvalue weighted by Gasteiger charge is 2.13. The second kappa shape index (κ2) is 6.83. The van der Waals surface area contributed by atoms with E-state index in [1.807, 2.05) is 0 Å². The Labute approximate surface area is 105 Å². The second-order valence-corrected chi connectivity index (χ2v) is 5.14. The van der Waals surface area contributed by atoms with Crippen LogP contribution in [0.1, 0.15) is 35.5 Å². The smallest absolute Gasteiger partial charge is 0.216 e. The van der Waals surface area contributed by atoms with Gasteiger partial charge in [-0.1, -0.05) is 6.42 Å². The number of nitrogens with one attached hydrogen (secondary N) is 1. The summed E-state index contributed by atoms with van der Waals surface area (Å²) in [5.74, 6) is -0.0170. The van der Waals surface area contributed by atoms with Crippen molar-refractivity contribution in [2.75, 3.05) is 19.8 Å². The maximum atomic E-state index is 11.6. The van der Waals surface area contributed by atoms with Gasteiger partial charge < -0.3 is 10.1 Å². The lowest BCUT2D eigenvalue weighted by atomic mass is 10.0. The average Bonchev–Trinajstić information content (AvgIpc) is 2.89. The lowest BCUT2D eigenvalue weighted by Gasteiger charge is -2.23. The average molecular weight is 254 g/mol. The summed E-state index contributed by atoms with van der Waals surface area (Å²) in [4.78, 5) is 15.5. The molecule has 0 aliphatic carbocycles. The van der Waals surface area contributed by atoms with Crippen molar-refractivity contribution in [3.63, 3.8) is 0 Å². The van der Waals surface area contributed by atoms with Crippen LogP contribution in [0.5, 0.6) is 0 Å². The molecule has 1 atom stereocenters. The van der Waals surface area contributed by atoms with Crippen molar-refractivity contribution in [3.8, 4) is 0 Å². The predicted octanol–water partition coefficient (Wildman–Crippen LogP) is 1.87. The van der Waals surface area contributed by atoms with Crippen LogP contribution in [-0.4, -0.2) is 36.6 Å². The summed E-state index contributed by atoms with van der Waals surface area (Å²) in [5.41, 5.74) is 0. The molecule has 1 unspecified atom stereocenters. The second-order valence-electron chi connectivity index (χ2n) is 4.25. The van der Waals surface area contributed by atoms with E-state index in [2.05, 4.69) is 10.3 Å². The van der Waals surface area contributed by atoms with Gasteiger partial charge in [0.2, 0.25) is 5.78 Å². The molecule has 1 saturated heterocycles. The van der Waals surface area contributed by atoms with Crippen molar-refractivity contribution in [1.82, 2.24) is 10.3 Å². The van der Waals surface area contributed by atoms with Gasteiger partial charge in [0.1, 0.15) is 6.61 Å². The number of rotatable bonds is 6. The lowest BCUT2D eigenvalue weighted by molar-refractivity contribution is 0.0735. The molecule has 1 fully saturated rings. The highest BCUT2D eigenvalue weighted by molar-refractivity contribution is 7.11. The molecular weight excluding hydrogens is 236 g/mol. The number of Topliss-reactive ketones (excluding diaryl/α,β-unsaturated/α-hetero) is 1. The van der Waals surface area contributed by atoms with Crippen molar-refractivity contribution in [1.29, 1.82) is 0 Å². The number of nitrogens with zero attached hydrogens (tertiary/aromatic N) is 1. The Balaban J connectivity index is 1.58. The molecule has 17 heavy (non-hydrogen) atoms. The minimum absolute atomic E-state index is 0.0170. The fourth-order valence-corrected chi connectivity index (χ4v) is 2.55. The number of hydrogen-bond acceptors (Lipinski definition) is 5. The molecule has 1 aromatic rings. The third-order valence-electron chi connectivity index (χ3n) is 2.93. The Morgan fingerprint density at radius 1 is 1.59 bits per heavy atom. The highest BCUT2D eigenvalue weighted by Crippen LogP contribution is 2.10. The molecule has 2 rings (SSSR count). The molecular formula is C12H18N2O2S. The molecule has 1 aliphatic rings. The standard InChI is InChI=1S/C12H18N2O2S/c15-11(12-14-6-8-17-12)9-16-7-4-10-3-1-2-5-13-10/h6,8,10,13H,1-5,7,9H2. The zero-order valence-electron chi connectivity index (χ0n) is 9.85. The zero-order chi connectivity index (χ0) is 11.9. The van der Waals surface area contributed by atoms with Crippen LogP contribution in [0.2, 0.25) is 0 Å². The number of piperidine rings is 1. The maximum absolute atomic E-state index is 11.6. The van der Waals surface area contributed by atoms with Gasteiger partial charge >= 0.3 is 0 Å². The predicted molar refractivity (Wildman–Crippen MR) is 67.5 cm³/mol. The van der Waals surface area contributed by atoms with E-state index in [4.69, 9.17) is 4.74 Å². The van der Waals surface area contributed by atoms with Crippen molar-refractivity contribution in [2.24, 2.45) is 0 Å². The fraction of sp³-hybridized carbons (Fsp3) is 0.667. The van der Waals surface area contributed by atoms with Crippen molar-refractivity contribution < 1.29 is 9.53 Å². The first kappa shape index (κ1) is 12.7. The molecule has 0 saturated carbocycles. The van der Waals surface area contributed by atoms with Gasteiger partial charge in [0.25, 0.3) is 0 Å². The van der Waals surface area contributed by atoms with Crippen LogP contribution in [0.4, 0.5) is 0 Å². The molecule has 0 bridgehead atoms. The van der Waals surface area contributed by atoms with E-state index in [-0.39, 0.29) is 12.4 Å². The van der Waals surface area contributed by atoms with Crippen LogP contribution < -0.4 is 5.32 Å². The summed E-state index contributed by atoms with van der Waals surface area (Å²) in [7, 11) is 0. The summed E-state index contributed by atoms with van der Waals surface area (Å²) in [6.45, 7) is 1.91. The Kier molecular flexibility index (Phi) is 5.09. The first-order chi connectivity index (χ1) is 8.36. The van der Waals surface area contributed by atoms with E-state index < -0.39 is 0 Å². The third kappa shape index (κ3) is 4.18. The van der Waals surface area contributed by atoms with Gasteiger partial charge in [0.05, 0.1) is 0 Å². The molecule has 1 aromatic heterocycles. The summed E-state index contributed by atoms with van der Waals surface area (Å²) >= 11 is 1.36. The van der Waals surface area contributed by atoms with E-state index in [1.165, 1.54) is 30.6 Å². The van der Waals surface area contributed by atoms with Crippen molar-refractivity contribution >= 4 is 17.1 Å². The first-order valence-electron chi connectivity index (χ1n) is 6.10. The Morgan fingerprint density at radius 2 is 2.53 bits per heavy atom. The molecule has 4 nitrogen and oxygen atoms in total. The van der Waals surface area contributed by atoms with Gasteiger partial charge in [-0.3, -0.25) is 4.79 Å². The van der Waals surface area contributed by atoms with Crippen LogP contribution >= 0.6 is 11.3 Å². The van der Waals surface area contributed by atoms with Gasteiger partial charge in [-0.25, -0.2) is 4.98 Å². The molecule has 1 N–H and O–H groups in total. The van der Waals surface area contributed by atoms with E-state index in [0.717, 1.165) is 13.0 Å². The third-order valence-corrected chi connectivity index (χ3v) is 3.74. The van der Waals surface area contributed by atoms with Crippen LogP contribution in [0.25, 0.3) is 0 Å². The molecule has 2 heterocycles. The highest BCUT2D eigenvalue weighted by atomic mass is 32.1. The molecule has 0 amide bonds. The van der Waals surface area contributed by atoms with Crippen LogP contribution in [0, 0.1) is 0 Å². The van der Waals surface area contributed by atoms with Crippen molar-refractivity contribution in [2.45, 2.75) is 31.7 Å². The number of ether oxygens (including phenoxy) is 1. The SMILES string of the molecule is O=C(COCCC1CCCCN1)c1nccs1. The van der Waals surface area contributed by atoms with Gasteiger partial charge in [-0.15, -0.1) is 11.3 Å². The van der Waals surface area contributed by atoms with Gasteiger partial charge in [-0.05, 0) is 25.8 Å². The van der Waals surface area contributed by atoms with E-state index >= 15 is 0 Å². The summed E-state index contributed by atoms with van der Waals surface area (Å²) in [6, 6.07) is 0.568. The number of aromatic nitrogens is 1. The lowest BCUT2D eigenvalue weighted by Crippen LogP contribution is -2.34. The number of ketones is 1. The van der Waals surface area contributed by atoms with E-state index in [1.54, 1.807) is 11.6 Å². The quantitative estimate of drug-likeness (QED) is 0.622. The zero-order valence-corrected chi connectivity index (χ0v) is 10.7. The minimum Gasteiger partial charge on any atom is -0.373 e. The number of carbonyl (C=O) groups excluding carboxylic acids is 1. The van der Waals surface area contributed by atoms with Crippen LogP contribution in [0.15, 0.2) is 11.6 Å². The Bertz CT molecular complexity index is 334. The number of thiazole rings is 1. The minimum atomic E-state index is -0.0170. The normalized spacial score (nSPS) is 20.4. The number of hydrogen-bond donors (Lipinski definition) is 1. The van der Waals surface area contributed by atoms with Crippen LogP contribution in [0.3, 0.4) is 0 Å². The summed E-state index contributed by atoms with van der Waals surface area (Å²) in [5, 5.41) is 5.81. The molecule has 0 spiro atoms. The fourth-order valence-electron chi connectivity index (χ4n) is 1.98. The summed E-state index contributed by atoms with van der Waals surface area (Å²) in [6.07, 6.45) is 6.44. The first-order valence-corrected chi connectivity index (χ1v) is 6.98. The van der Waals surface area contributed by atoms with E-state index in [9.17, 15) is 4.79 Å². The van der Waals surface area contributed by atoms with Gasteiger partial charge in [-0.2, -0.15) is 0 Å². The van der Waals surface area contributed by atoms with Gasteiger partial charge in [0, 0.05) is 24.2 Å². The van der Waals surface area contributed by atoms with E-state index in [0.29, 0.717) is 17.7 Å². The summed E-state index contributed by atoms with van der Waals surface area (Å²) < 4.78 is 5.40. The molecule has 0 radical (unpaired) electrons. The topological polar surface area (TPSA) is 51.2 Å². The maximum Gasteiger partial charge on any atom is 0.216 e. The monoisotopic (exact) mass is 254 g/mol. The number of carbonyl (C=O) groups is 1. The largest absolute Gasteiger partial charge is 0.373 e. The molecule has 1 aliphatic heterocycles. The Morgan fingerprint density at radius 3 is 3.24 bits per heavy atom. The van der Waals surface area contributed by atoms with Crippen molar-refractivity contribution in [3.05, 3.63) is 16.6 Å². The molecule has 0 aromatic carbocycles. The van der Waals surface area contributed by atoms with Crippen LogP contribution in [-0.2, 0) is 4.74 Å². The van der Waals surface area contributed by atoms with Gasteiger partial charge in [0.15, 0.2) is 5.01 Å². The molecule has 94 valence electrons.